The molecule has 0 bridgehead atoms. The average molecular weight is 377 g/mol. The largest absolute Gasteiger partial charge is 0.408 e. The van der Waals surface area contributed by atoms with Crippen molar-refractivity contribution in [3.8, 4) is 5.69 Å². The molecule has 0 amide bonds. The van der Waals surface area contributed by atoms with E-state index in [1.807, 2.05) is 35.9 Å². The zero-order chi connectivity index (χ0) is 19.4. The first kappa shape index (κ1) is 19.0. The van der Waals surface area contributed by atoms with E-state index in [1.165, 1.54) is 6.20 Å². The summed E-state index contributed by atoms with van der Waals surface area (Å²) in [6.07, 6.45) is 0.601. The molecule has 0 radical (unpaired) electrons. The summed E-state index contributed by atoms with van der Waals surface area (Å²) in [6.45, 7) is 3.38. The van der Waals surface area contributed by atoms with E-state index in [0.29, 0.717) is 12.2 Å². The van der Waals surface area contributed by atoms with Gasteiger partial charge in [-0.2, -0.15) is 23.4 Å². The summed E-state index contributed by atoms with van der Waals surface area (Å²) in [5.41, 5.74) is 4.59. The molecule has 0 fully saturated rings. The minimum absolute atomic E-state index is 0.334. The molecule has 0 saturated heterocycles. The number of nitrogens with one attached hydrogen (secondary N) is 1. The highest BCUT2D eigenvalue weighted by Gasteiger charge is 2.28. The minimum atomic E-state index is -4.28. The highest BCUT2D eigenvalue weighted by atomic mass is 19.4. The monoisotopic (exact) mass is 377 g/mol. The zero-order valence-electron chi connectivity index (χ0n) is 15.3. The van der Waals surface area contributed by atoms with Crippen LogP contribution in [0.5, 0.6) is 0 Å². The number of halogens is 3. The van der Waals surface area contributed by atoms with Gasteiger partial charge in [-0.25, -0.2) is 4.68 Å². The molecule has 1 N–H and O–H groups in total. The van der Waals surface area contributed by atoms with E-state index in [-0.39, 0.29) is 0 Å². The van der Waals surface area contributed by atoms with Crippen LogP contribution in [0.25, 0.3) is 5.69 Å². The molecular weight excluding hydrogens is 355 g/mol. The minimum Gasteiger partial charge on any atom is -0.377 e. The number of anilines is 1. The number of rotatable bonds is 7. The molecule has 0 aliphatic carbocycles. The lowest BCUT2D eigenvalue weighted by molar-refractivity contribution is -0.142. The van der Waals surface area contributed by atoms with Crippen LogP contribution in [0.1, 0.15) is 30.3 Å². The third-order valence-electron chi connectivity index (χ3n) is 4.20. The first-order valence-corrected chi connectivity index (χ1v) is 8.83. The number of alkyl halides is 3. The number of aryl methyl sites for hydroxylation is 1. The highest BCUT2D eigenvalue weighted by molar-refractivity contribution is 5.52. The van der Waals surface area contributed by atoms with Crippen molar-refractivity contribution >= 4 is 5.69 Å². The predicted octanol–water partition coefficient (Wildman–Crippen LogP) is 4.50. The number of hydrogen-bond donors (Lipinski definition) is 1. The van der Waals surface area contributed by atoms with Crippen LogP contribution < -0.4 is 5.32 Å². The molecule has 0 aliphatic heterocycles. The molecular formula is C19H22F3N5. The standard InChI is InChI=1S/C19H22F3N5/c1-3-6-18-16(12-24-27(18)17-8-5-4-7-14(17)2)23-11-15-9-10-26(25-15)13-19(20,21)22/h4-5,7-10,12,23H,3,6,11,13H2,1-2H3. The average Bonchev–Trinajstić information content (AvgIpc) is 3.19. The van der Waals surface area contributed by atoms with E-state index in [2.05, 4.69) is 22.4 Å². The second-order valence-electron chi connectivity index (χ2n) is 6.43. The van der Waals surface area contributed by atoms with E-state index in [9.17, 15) is 13.2 Å². The molecule has 3 rings (SSSR count). The summed E-state index contributed by atoms with van der Waals surface area (Å²) in [6, 6.07) is 9.60. The Kier molecular flexibility index (Phi) is 5.53. The van der Waals surface area contributed by atoms with E-state index < -0.39 is 12.7 Å². The van der Waals surface area contributed by atoms with Crippen LogP contribution in [0.2, 0.25) is 0 Å². The molecule has 0 atom stereocenters. The zero-order valence-corrected chi connectivity index (χ0v) is 15.3. The van der Waals surface area contributed by atoms with Gasteiger partial charge in [-0.3, -0.25) is 4.68 Å². The molecule has 0 spiro atoms. The summed E-state index contributed by atoms with van der Waals surface area (Å²) in [5.74, 6) is 0. The molecule has 1 aromatic carbocycles. The van der Waals surface area contributed by atoms with Gasteiger partial charge in [-0.1, -0.05) is 31.5 Å². The van der Waals surface area contributed by atoms with Crippen molar-refractivity contribution in [3.63, 3.8) is 0 Å². The lowest BCUT2D eigenvalue weighted by Gasteiger charge is -2.12. The quantitative estimate of drug-likeness (QED) is 0.659. The smallest absolute Gasteiger partial charge is 0.377 e. The lowest BCUT2D eigenvalue weighted by Crippen LogP contribution is -2.18. The predicted molar refractivity (Wildman–Crippen MR) is 97.9 cm³/mol. The van der Waals surface area contributed by atoms with Gasteiger partial charge < -0.3 is 5.32 Å². The number of benzene rings is 1. The maximum Gasteiger partial charge on any atom is 0.408 e. The second-order valence-corrected chi connectivity index (χ2v) is 6.43. The summed E-state index contributed by atoms with van der Waals surface area (Å²) in [5, 5.41) is 11.7. The van der Waals surface area contributed by atoms with Crippen LogP contribution in [-0.4, -0.2) is 25.7 Å². The molecule has 0 unspecified atom stereocenters. The Morgan fingerprint density at radius 2 is 1.93 bits per heavy atom. The van der Waals surface area contributed by atoms with Gasteiger partial charge in [0.05, 0.1) is 35.5 Å². The molecule has 2 heterocycles. The highest BCUT2D eigenvalue weighted by Crippen LogP contribution is 2.23. The summed E-state index contributed by atoms with van der Waals surface area (Å²) in [7, 11) is 0. The summed E-state index contributed by atoms with van der Waals surface area (Å²) >= 11 is 0. The molecule has 0 aliphatic rings. The Morgan fingerprint density at radius 3 is 2.63 bits per heavy atom. The Morgan fingerprint density at radius 1 is 1.15 bits per heavy atom. The van der Waals surface area contributed by atoms with E-state index in [4.69, 9.17) is 0 Å². The van der Waals surface area contributed by atoms with Crippen molar-refractivity contribution in [3.05, 3.63) is 59.7 Å². The van der Waals surface area contributed by atoms with Crippen LogP contribution in [-0.2, 0) is 19.5 Å². The fourth-order valence-electron chi connectivity index (χ4n) is 2.96. The van der Waals surface area contributed by atoms with Crippen molar-refractivity contribution in [1.29, 1.82) is 0 Å². The van der Waals surface area contributed by atoms with Gasteiger partial charge in [-0.05, 0) is 31.0 Å². The van der Waals surface area contributed by atoms with Crippen molar-refractivity contribution < 1.29 is 13.2 Å². The second kappa shape index (κ2) is 7.85. The van der Waals surface area contributed by atoms with Gasteiger partial charge in [0.25, 0.3) is 0 Å². The molecule has 8 heteroatoms. The van der Waals surface area contributed by atoms with Gasteiger partial charge in [0.15, 0.2) is 0 Å². The van der Waals surface area contributed by atoms with Gasteiger partial charge >= 0.3 is 6.18 Å². The fraction of sp³-hybridized carbons (Fsp3) is 0.368. The van der Waals surface area contributed by atoms with Crippen molar-refractivity contribution in [2.24, 2.45) is 0 Å². The Labute approximate surface area is 155 Å². The van der Waals surface area contributed by atoms with Crippen LogP contribution in [0.15, 0.2) is 42.7 Å². The van der Waals surface area contributed by atoms with E-state index >= 15 is 0 Å². The fourth-order valence-corrected chi connectivity index (χ4v) is 2.96. The van der Waals surface area contributed by atoms with Crippen molar-refractivity contribution in [2.75, 3.05) is 5.32 Å². The molecule has 2 aromatic heterocycles. The number of para-hydroxylation sites is 1. The topological polar surface area (TPSA) is 47.7 Å². The van der Waals surface area contributed by atoms with E-state index in [0.717, 1.165) is 40.2 Å². The Balaban J connectivity index is 1.77. The molecule has 5 nitrogen and oxygen atoms in total. The maximum absolute atomic E-state index is 12.4. The van der Waals surface area contributed by atoms with E-state index in [1.54, 1.807) is 12.3 Å². The first-order valence-electron chi connectivity index (χ1n) is 8.83. The summed E-state index contributed by atoms with van der Waals surface area (Å²) in [4.78, 5) is 0. The van der Waals surface area contributed by atoms with Crippen LogP contribution in [0, 0.1) is 6.92 Å². The Hall–Kier alpha value is -2.77. The van der Waals surface area contributed by atoms with Crippen molar-refractivity contribution in [2.45, 2.75) is 46.0 Å². The maximum atomic E-state index is 12.4. The number of hydrogen-bond acceptors (Lipinski definition) is 3. The van der Waals surface area contributed by atoms with Crippen molar-refractivity contribution in [1.82, 2.24) is 19.6 Å². The van der Waals surface area contributed by atoms with Crippen LogP contribution in [0.4, 0.5) is 18.9 Å². The van der Waals surface area contributed by atoms with Crippen LogP contribution >= 0.6 is 0 Å². The third kappa shape index (κ3) is 4.69. The number of nitrogens with zero attached hydrogens (tertiary/aromatic N) is 4. The normalized spacial score (nSPS) is 11.7. The van der Waals surface area contributed by atoms with Gasteiger partial charge in [0.1, 0.15) is 6.54 Å². The third-order valence-corrected chi connectivity index (χ3v) is 4.20. The molecule has 144 valence electrons. The van der Waals surface area contributed by atoms with Crippen LogP contribution in [0.3, 0.4) is 0 Å². The molecule has 0 saturated carbocycles. The van der Waals surface area contributed by atoms with Gasteiger partial charge in [-0.15, -0.1) is 0 Å². The van der Waals surface area contributed by atoms with Gasteiger partial charge in [0, 0.05) is 6.20 Å². The molecule has 3 aromatic rings. The lowest BCUT2D eigenvalue weighted by atomic mass is 10.1. The van der Waals surface area contributed by atoms with Gasteiger partial charge in [0.2, 0.25) is 0 Å². The summed E-state index contributed by atoms with van der Waals surface area (Å²) < 4.78 is 40.2. The molecule has 27 heavy (non-hydrogen) atoms. The number of aromatic nitrogens is 4. The Bertz CT molecular complexity index is 895. The first-order chi connectivity index (χ1) is 12.9. The SMILES string of the molecule is CCCc1c(NCc2ccn(CC(F)(F)F)n2)cnn1-c1ccccc1C.